The fourth-order valence-electron chi connectivity index (χ4n) is 3.71. The van der Waals surface area contributed by atoms with Crippen LogP contribution in [0.1, 0.15) is 55.9 Å². The zero-order valence-corrected chi connectivity index (χ0v) is 22.4. The lowest BCUT2D eigenvalue weighted by Gasteiger charge is -2.32. The van der Waals surface area contributed by atoms with Gasteiger partial charge >= 0.3 is 0 Å². The van der Waals surface area contributed by atoms with Crippen LogP contribution < -0.4 is 5.32 Å². The second-order valence-corrected chi connectivity index (χ2v) is 10.3. The van der Waals surface area contributed by atoms with Crippen molar-refractivity contribution in [1.82, 2.24) is 10.2 Å². The highest BCUT2D eigenvalue weighted by Gasteiger charge is 2.30. The third-order valence-electron chi connectivity index (χ3n) is 5.55. The van der Waals surface area contributed by atoms with Gasteiger partial charge in [-0.25, -0.2) is 0 Å². The van der Waals surface area contributed by atoms with Gasteiger partial charge in [-0.05, 0) is 51.3 Å². The molecule has 2 aromatic carbocycles. The Morgan fingerprint density at radius 3 is 2.18 bits per heavy atom. The van der Waals surface area contributed by atoms with E-state index in [0.29, 0.717) is 22.0 Å². The normalized spacial score (nSPS) is 12.8. The summed E-state index contributed by atoms with van der Waals surface area (Å²) in [6, 6.07) is 11.1. The van der Waals surface area contributed by atoms with Crippen LogP contribution in [0.5, 0.6) is 0 Å². The molecule has 0 spiro atoms. The molecule has 33 heavy (non-hydrogen) atoms. The van der Waals surface area contributed by atoms with Crippen LogP contribution in [0, 0.1) is 13.8 Å². The Labute approximate surface area is 212 Å². The zero-order valence-electron chi connectivity index (χ0n) is 20.1. The van der Waals surface area contributed by atoms with Gasteiger partial charge in [-0.1, -0.05) is 72.4 Å². The van der Waals surface area contributed by atoms with E-state index in [0.717, 1.165) is 12.2 Å². The molecule has 2 rings (SSSR count). The van der Waals surface area contributed by atoms with Crippen LogP contribution in [0.3, 0.4) is 0 Å². The SMILES string of the molecule is CCC(C)NC(=O)C(CC)N(Cc1c(Cl)cccc1Cl)C(=O)CSCc1cc(C)cc(C)c1. The summed E-state index contributed by atoms with van der Waals surface area (Å²) in [5, 5.41) is 3.99. The Morgan fingerprint density at radius 1 is 1.03 bits per heavy atom. The molecule has 0 saturated heterocycles. The Morgan fingerprint density at radius 2 is 1.64 bits per heavy atom. The number of hydrogen-bond donors (Lipinski definition) is 1. The summed E-state index contributed by atoms with van der Waals surface area (Å²) in [6.07, 6.45) is 1.32. The summed E-state index contributed by atoms with van der Waals surface area (Å²) in [6.45, 7) is 10.2. The molecule has 0 heterocycles. The van der Waals surface area contributed by atoms with Crippen molar-refractivity contribution in [3.63, 3.8) is 0 Å². The predicted molar refractivity (Wildman–Crippen MR) is 141 cm³/mol. The van der Waals surface area contributed by atoms with Crippen LogP contribution in [0.25, 0.3) is 0 Å². The van der Waals surface area contributed by atoms with E-state index < -0.39 is 6.04 Å². The van der Waals surface area contributed by atoms with Gasteiger partial charge in [0.2, 0.25) is 11.8 Å². The number of aryl methyl sites for hydroxylation is 2. The predicted octanol–water partition coefficient (Wildman–Crippen LogP) is 6.57. The fourth-order valence-corrected chi connectivity index (χ4v) is 5.07. The molecule has 180 valence electrons. The molecular weight excluding hydrogens is 475 g/mol. The molecule has 2 atom stereocenters. The first-order chi connectivity index (χ1) is 15.7. The molecule has 4 nitrogen and oxygen atoms in total. The minimum absolute atomic E-state index is 0.0336. The first-order valence-corrected chi connectivity index (χ1v) is 13.2. The summed E-state index contributed by atoms with van der Waals surface area (Å²) >= 11 is 14.3. The van der Waals surface area contributed by atoms with Crippen LogP contribution >= 0.6 is 35.0 Å². The molecule has 0 aliphatic carbocycles. The van der Waals surface area contributed by atoms with Crippen LogP contribution in [0.15, 0.2) is 36.4 Å². The van der Waals surface area contributed by atoms with Gasteiger partial charge in [-0.15, -0.1) is 11.8 Å². The Kier molecular flexibility index (Phi) is 11.1. The number of halogens is 2. The number of nitrogens with zero attached hydrogens (tertiary/aromatic N) is 1. The fraction of sp³-hybridized carbons (Fsp3) is 0.462. The van der Waals surface area contributed by atoms with Crippen LogP contribution in [-0.2, 0) is 21.9 Å². The Balaban J connectivity index is 2.22. The lowest BCUT2D eigenvalue weighted by Crippen LogP contribution is -2.51. The summed E-state index contributed by atoms with van der Waals surface area (Å²) in [5.41, 5.74) is 4.26. The zero-order chi connectivity index (χ0) is 24.5. The van der Waals surface area contributed by atoms with Crippen molar-refractivity contribution >= 4 is 46.8 Å². The van der Waals surface area contributed by atoms with Gasteiger partial charge in [0.05, 0.1) is 5.75 Å². The molecule has 2 amide bonds. The molecular formula is C26H34Cl2N2O2S. The highest BCUT2D eigenvalue weighted by atomic mass is 35.5. The number of amides is 2. The summed E-state index contributed by atoms with van der Waals surface area (Å²) in [4.78, 5) is 28.1. The monoisotopic (exact) mass is 508 g/mol. The minimum atomic E-state index is -0.597. The van der Waals surface area contributed by atoms with Gasteiger partial charge in [0.1, 0.15) is 6.04 Å². The summed E-state index contributed by atoms with van der Waals surface area (Å²) < 4.78 is 0. The van der Waals surface area contributed by atoms with Crippen molar-refractivity contribution in [2.45, 2.75) is 71.8 Å². The second kappa shape index (κ2) is 13.3. The highest BCUT2D eigenvalue weighted by Crippen LogP contribution is 2.27. The number of hydrogen-bond acceptors (Lipinski definition) is 3. The van der Waals surface area contributed by atoms with Gasteiger partial charge in [-0.3, -0.25) is 9.59 Å². The number of carbonyl (C=O) groups is 2. The van der Waals surface area contributed by atoms with E-state index in [1.807, 2.05) is 20.8 Å². The van der Waals surface area contributed by atoms with Crippen molar-refractivity contribution in [2.75, 3.05) is 5.75 Å². The molecule has 0 aliphatic heterocycles. The standard InChI is InChI=1S/C26H34Cl2N2O2S/c1-6-19(5)29-26(32)24(7-2)30(14-21-22(27)9-8-10-23(21)28)25(31)16-33-15-20-12-17(3)11-18(4)13-20/h8-13,19,24H,6-7,14-16H2,1-5H3,(H,29,32). The molecule has 0 fully saturated rings. The molecule has 7 heteroatoms. The minimum Gasteiger partial charge on any atom is -0.352 e. The molecule has 0 bridgehead atoms. The number of benzene rings is 2. The lowest BCUT2D eigenvalue weighted by molar-refractivity contribution is -0.139. The molecule has 0 radical (unpaired) electrons. The number of thioether (sulfide) groups is 1. The van der Waals surface area contributed by atoms with E-state index in [-0.39, 0.29) is 30.2 Å². The Hall–Kier alpha value is -1.69. The summed E-state index contributed by atoms with van der Waals surface area (Å²) in [5.74, 6) is 0.738. The van der Waals surface area contributed by atoms with E-state index in [1.54, 1.807) is 34.9 Å². The van der Waals surface area contributed by atoms with Crippen LogP contribution in [-0.4, -0.2) is 34.6 Å². The van der Waals surface area contributed by atoms with E-state index in [2.05, 4.69) is 37.4 Å². The smallest absolute Gasteiger partial charge is 0.243 e. The van der Waals surface area contributed by atoms with E-state index in [4.69, 9.17) is 23.2 Å². The van der Waals surface area contributed by atoms with Crippen LogP contribution in [0.2, 0.25) is 10.0 Å². The average Bonchev–Trinajstić information content (AvgIpc) is 2.74. The summed E-state index contributed by atoms with van der Waals surface area (Å²) in [7, 11) is 0. The van der Waals surface area contributed by atoms with Crippen molar-refractivity contribution in [3.8, 4) is 0 Å². The van der Waals surface area contributed by atoms with Gasteiger partial charge in [-0.2, -0.15) is 0 Å². The second-order valence-electron chi connectivity index (χ2n) is 8.45. The molecule has 2 aromatic rings. The largest absolute Gasteiger partial charge is 0.352 e. The van der Waals surface area contributed by atoms with E-state index >= 15 is 0 Å². The van der Waals surface area contributed by atoms with Gasteiger partial charge in [0.25, 0.3) is 0 Å². The highest BCUT2D eigenvalue weighted by molar-refractivity contribution is 7.99. The average molecular weight is 510 g/mol. The van der Waals surface area contributed by atoms with Gasteiger partial charge in [0, 0.05) is 33.9 Å². The maximum atomic E-state index is 13.4. The molecule has 0 aliphatic rings. The van der Waals surface area contributed by atoms with Crippen molar-refractivity contribution in [1.29, 1.82) is 0 Å². The maximum absolute atomic E-state index is 13.4. The third kappa shape index (κ3) is 8.24. The molecule has 1 N–H and O–H groups in total. The topological polar surface area (TPSA) is 49.4 Å². The first kappa shape index (κ1) is 27.6. The maximum Gasteiger partial charge on any atom is 0.243 e. The van der Waals surface area contributed by atoms with Crippen molar-refractivity contribution in [3.05, 3.63) is 68.7 Å². The van der Waals surface area contributed by atoms with Crippen molar-refractivity contribution in [2.24, 2.45) is 0 Å². The molecule has 0 aromatic heterocycles. The van der Waals surface area contributed by atoms with Crippen LogP contribution in [0.4, 0.5) is 0 Å². The number of nitrogens with one attached hydrogen (secondary N) is 1. The third-order valence-corrected chi connectivity index (χ3v) is 7.25. The number of carbonyl (C=O) groups excluding carboxylic acids is 2. The first-order valence-electron chi connectivity index (χ1n) is 11.3. The van der Waals surface area contributed by atoms with Gasteiger partial charge < -0.3 is 10.2 Å². The van der Waals surface area contributed by atoms with Gasteiger partial charge in [0.15, 0.2) is 0 Å². The molecule has 2 unspecified atom stereocenters. The Bertz CT molecular complexity index is 927. The molecule has 0 saturated carbocycles. The number of rotatable bonds is 11. The quantitative estimate of drug-likeness (QED) is 0.373. The van der Waals surface area contributed by atoms with Crippen molar-refractivity contribution < 1.29 is 9.59 Å². The lowest BCUT2D eigenvalue weighted by atomic mass is 10.1. The van der Waals surface area contributed by atoms with E-state index in [1.165, 1.54) is 16.7 Å². The van der Waals surface area contributed by atoms with E-state index in [9.17, 15) is 9.59 Å².